The molecule has 1 aliphatic heterocycles. The lowest BCUT2D eigenvalue weighted by molar-refractivity contribution is 0.00925. The Bertz CT molecular complexity index is 511. The molecule has 0 radical (unpaired) electrons. The van der Waals surface area contributed by atoms with E-state index in [0.717, 1.165) is 31.6 Å². The van der Waals surface area contributed by atoms with Gasteiger partial charge in [0.1, 0.15) is 11.4 Å². The number of nitrogens with one attached hydrogen (secondary N) is 2. The molecule has 0 aliphatic carbocycles. The normalized spacial score (nSPS) is 21.6. The molecule has 2 N–H and O–H groups in total. The summed E-state index contributed by atoms with van der Waals surface area (Å²) >= 11 is 0. The van der Waals surface area contributed by atoms with Gasteiger partial charge in [0.15, 0.2) is 0 Å². The van der Waals surface area contributed by atoms with E-state index >= 15 is 0 Å². The number of hydrogen-bond donors (Lipinski definition) is 2. The quantitative estimate of drug-likeness (QED) is 0.882. The number of nitrogens with zero attached hydrogens (tertiary/aromatic N) is 1. The first-order chi connectivity index (χ1) is 10.9. The predicted octanol–water partition coefficient (Wildman–Crippen LogP) is 3.80. The predicted molar refractivity (Wildman–Crippen MR) is 90.8 cm³/mol. The molecule has 2 heterocycles. The van der Waals surface area contributed by atoms with Crippen molar-refractivity contribution in [2.45, 2.75) is 64.7 Å². The molecule has 128 valence electrons. The Morgan fingerprint density at radius 2 is 2.22 bits per heavy atom. The average Bonchev–Trinajstić information content (AvgIpc) is 2.47. The van der Waals surface area contributed by atoms with Crippen molar-refractivity contribution >= 4 is 17.6 Å². The number of rotatable bonds is 4. The smallest absolute Gasteiger partial charge is 0.413 e. The molecule has 0 bridgehead atoms. The van der Waals surface area contributed by atoms with Crippen LogP contribution in [-0.4, -0.2) is 35.4 Å². The number of hydrogen-bond acceptors (Lipinski definition) is 5. The number of amides is 1. The third-order valence-electron chi connectivity index (χ3n) is 3.59. The summed E-state index contributed by atoms with van der Waals surface area (Å²) in [5.41, 5.74) is 0.422. The molecule has 1 aliphatic rings. The molecule has 2 unspecified atom stereocenters. The number of anilines is 2. The van der Waals surface area contributed by atoms with Crippen LogP contribution in [0.1, 0.15) is 47.0 Å². The number of carbonyl (C=O) groups excluding carboxylic acids is 1. The van der Waals surface area contributed by atoms with Crippen molar-refractivity contribution in [1.29, 1.82) is 0 Å². The fraction of sp³-hybridized carbons (Fsp3) is 0.647. The minimum atomic E-state index is -0.523. The summed E-state index contributed by atoms with van der Waals surface area (Å²) in [5.74, 6) is 0.475. The second-order valence-corrected chi connectivity index (χ2v) is 6.83. The number of carbonyl (C=O) groups is 1. The highest BCUT2D eigenvalue weighted by molar-refractivity contribution is 5.83. The molecule has 6 heteroatoms. The maximum atomic E-state index is 11.7. The molecule has 1 aromatic rings. The lowest BCUT2D eigenvalue weighted by Crippen LogP contribution is -2.33. The largest absolute Gasteiger partial charge is 0.444 e. The Morgan fingerprint density at radius 1 is 1.43 bits per heavy atom. The monoisotopic (exact) mass is 321 g/mol. The van der Waals surface area contributed by atoms with Crippen molar-refractivity contribution < 1.29 is 14.3 Å². The van der Waals surface area contributed by atoms with Gasteiger partial charge in [0.05, 0.1) is 18.0 Å². The van der Waals surface area contributed by atoms with Gasteiger partial charge in [-0.05, 0) is 52.2 Å². The SMILES string of the molecule is CCC1CC(Nc2ccc(NC(=O)OC(C)(C)C)nc2)CCO1. The van der Waals surface area contributed by atoms with Gasteiger partial charge in [-0.1, -0.05) is 6.92 Å². The first kappa shape index (κ1) is 17.5. The molecular formula is C17H27N3O3. The zero-order valence-electron chi connectivity index (χ0n) is 14.4. The van der Waals surface area contributed by atoms with E-state index in [1.807, 2.05) is 26.8 Å². The highest BCUT2D eigenvalue weighted by atomic mass is 16.6. The molecule has 1 fully saturated rings. The highest BCUT2D eigenvalue weighted by Crippen LogP contribution is 2.21. The summed E-state index contributed by atoms with van der Waals surface area (Å²) in [4.78, 5) is 15.9. The second kappa shape index (κ2) is 7.64. The minimum Gasteiger partial charge on any atom is -0.444 e. The summed E-state index contributed by atoms with van der Waals surface area (Å²) < 4.78 is 10.9. The van der Waals surface area contributed by atoms with E-state index in [2.05, 4.69) is 22.5 Å². The van der Waals surface area contributed by atoms with Crippen molar-refractivity contribution in [3.8, 4) is 0 Å². The fourth-order valence-electron chi connectivity index (χ4n) is 2.49. The maximum Gasteiger partial charge on any atom is 0.413 e. The van der Waals surface area contributed by atoms with E-state index in [9.17, 15) is 4.79 Å². The molecule has 1 amide bonds. The van der Waals surface area contributed by atoms with Crippen LogP contribution in [0.25, 0.3) is 0 Å². The Balaban J connectivity index is 1.86. The van der Waals surface area contributed by atoms with Crippen LogP contribution in [0.15, 0.2) is 18.3 Å². The first-order valence-corrected chi connectivity index (χ1v) is 8.20. The van der Waals surface area contributed by atoms with Gasteiger partial charge < -0.3 is 14.8 Å². The van der Waals surface area contributed by atoms with Crippen LogP contribution in [-0.2, 0) is 9.47 Å². The van der Waals surface area contributed by atoms with E-state index < -0.39 is 11.7 Å². The summed E-state index contributed by atoms with van der Waals surface area (Å²) in [6.45, 7) is 8.41. The van der Waals surface area contributed by atoms with Gasteiger partial charge in [-0.3, -0.25) is 5.32 Å². The number of ether oxygens (including phenoxy) is 2. The third-order valence-corrected chi connectivity index (χ3v) is 3.59. The van der Waals surface area contributed by atoms with Crippen molar-refractivity contribution in [1.82, 2.24) is 4.98 Å². The summed E-state index contributed by atoms with van der Waals surface area (Å²) in [6.07, 6.45) is 4.60. The van der Waals surface area contributed by atoms with Crippen molar-refractivity contribution in [3.05, 3.63) is 18.3 Å². The Hall–Kier alpha value is -1.82. The molecule has 6 nitrogen and oxygen atoms in total. The number of pyridine rings is 1. The van der Waals surface area contributed by atoms with Gasteiger partial charge >= 0.3 is 6.09 Å². The standard InChI is InChI=1S/C17H27N3O3/c1-5-14-10-12(8-9-22-14)19-13-6-7-15(18-11-13)20-16(21)23-17(2,3)4/h6-7,11-12,14,19H,5,8-10H2,1-4H3,(H,18,20,21). The van der Waals surface area contributed by atoms with E-state index in [4.69, 9.17) is 9.47 Å². The summed E-state index contributed by atoms with van der Waals surface area (Å²) in [6, 6.07) is 4.08. The fourth-order valence-corrected chi connectivity index (χ4v) is 2.49. The van der Waals surface area contributed by atoms with Crippen LogP contribution in [0.4, 0.5) is 16.3 Å². The zero-order chi connectivity index (χ0) is 16.9. The average molecular weight is 321 g/mol. The van der Waals surface area contributed by atoms with Gasteiger partial charge in [0.2, 0.25) is 0 Å². The van der Waals surface area contributed by atoms with Gasteiger partial charge in [-0.15, -0.1) is 0 Å². The maximum absolute atomic E-state index is 11.7. The van der Waals surface area contributed by atoms with Crippen LogP contribution < -0.4 is 10.6 Å². The van der Waals surface area contributed by atoms with Crippen LogP contribution in [0.2, 0.25) is 0 Å². The second-order valence-electron chi connectivity index (χ2n) is 6.83. The van der Waals surface area contributed by atoms with E-state index in [1.165, 1.54) is 0 Å². The van der Waals surface area contributed by atoms with E-state index in [1.54, 1.807) is 12.3 Å². The third kappa shape index (κ3) is 6.06. The van der Waals surface area contributed by atoms with Gasteiger partial charge in [0, 0.05) is 12.6 Å². The molecule has 1 saturated heterocycles. The van der Waals surface area contributed by atoms with Crippen LogP contribution in [0, 0.1) is 0 Å². The highest BCUT2D eigenvalue weighted by Gasteiger charge is 2.21. The minimum absolute atomic E-state index is 0.335. The molecule has 2 atom stereocenters. The van der Waals surface area contributed by atoms with Crippen LogP contribution in [0.5, 0.6) is 0 Å². The van der Waals surface area contributed by atoms with Gasteiger partial charge in [-0.2, -0.15) is 0 Å². The van der Waals surface area contributed by atoms with Crippen molar-refractivity contribution in [3.63, 3.8) is 0 Å². The molecule has 23 heavy (non-hydrogen) atoms. The zero-order valence-corrected chi connectivity index (χ0v) is 14.4. The molecule has 0 aromatic carbocycles. The van der Waals surface area contributed by atoms with Crippen LogP contribution in [0.3, 0.4) is 0 Å². The summed E-state index contributed by atoms with van der Waals surface area (Å²) in [5, 5.41) is 6.10. The lowest BCUT2D eigenvalue weighted by Gasteiger charge is -2.30. The summed E-state index contributed by atoms with van der Waals surface area (Å²) in [7, 11) is 0. The first-order valence-electron chi connectivity index (χ1n) is 8.20. The van der Waals surface area contributed by atoms with Gasteiger partial charge in [0.25, 0.3) is 0 Å². The Labute approximate surface area is 138 Å². The molecule has 0 spiro atoms. The van der Waals surface area contributed by atoms with E-state index in [0.29, 0.717) is 18.0 Å². The molecule has 0 saturated carbocycles. The van der Waals surface area contributed by atoms with Crippen LogP contribution >= 0.6 is 0 Å². The Morgan fingerprint density at radius 3 is 2.83 bits per heavy atom. The molecule has 1 aromatic heterocycles. The lowest BCUT2D eigenvalue weighted by atomic mass is 10.0. The Kier molecular flexibility index (Phi) is 5.82. The molecule has 2 rings (SSSR count). The van der Waals surface area contributed by atoms with E-state index in [-0.39, 0.29) is 0 Å². The van der Waals surface area contributed by atoms with Crippen molar-refractivity contribution in [2.75, 3.05) is 17.2 Å². The molecular weight excluding hydrogens is 294 g/mol. The van der Waals surface area contributed by atoms with Gasteiger partial charge in [-0.25, -0.2) is 9.78 Å². The van der Waals surface area contributed by atoms with Crippen molar-refractivity contribution in [2.24, 2.45) is 0 Å². The number of aromatic nitrogens is 1. The topological polar surface area (TPSA) is 72.5 Å².